The Labute approximate surface area is 102 Å². The van der Waals surface area contributed by atoms with Crippen molar-refractivity contribution >= 4 is 6.09 Å². The Morgan fingerprint density at radius 3 is 2.82 bits per heavy atom. The molecule has 94 valence electrons. The van der Waals surface area contributed by atoms with Gasteiger partial charge in [0, 0.05) is 13.1 Å². The van der Waals surface area contributed by atoms with Gasteiger partial charge >= 0.3 is 6.09 Å². The van der Waals surface area contributed by atoms with Gasteiger partial charge in [0.25, 0.3) is 0 Å². The molecule has 0 aliphatic rings. The largest absolute Gasteiger partial charge is 0.447 e. The Hall–Kier alpha value is -1.55. The van der Waals surface area contributed by atoms with Crippen LogP contribution < -0.4 is 0 Å². The number of amides is 1. The normalized spacial score (nSPS) is 10.1. The van der Waals surface area contributed by atoms with E-state index in [1.54, 1.807) is 4.90 Å². The van der Waals surface area contributed by atoms with E-state index in [1.165, 1.54) is 5.56 Å². The zero-order valence-corrected chi connectivity index (χ0v) is 10.3. The Balaban J connectivity index is 2.60. The van der Waals surface area contributed by atoms with Gasteiger partial charge in [-0.05, 0) is 19.4 Å². The van der Waals surface area contributed by atoms with Crippen molar-refractivity contribution in [3.8, 4) is 0 Å². The van der Waals surface area contributed by atoms with Crippen molar-refractivity contribution in [3.05, 3.63) is 35.4 Å². The lowest BCUT2D eigenvalue weighted by Crippen LogP contribution is -2.31. The summed E-state index contributed by atoms with van der Waals surface area (Å²) in [6.45, 7) is 4.93. The van der Waals surface area contributed by atoms with Crippen LogP contribution in [0.2, 0.25) is 0 Å². The minimum Gasteiger partial charge on any atom is -0.447 e. The minimum absolute atomic E-state index is 0.0448. The second-order valence-corrected chi connectivity index (χ2v) is 3.84. The summed E-state index contributed by atoms with van der Waals surface area (Å²) in [6, 6.07) is 8.01. The molecule has 1 aromatic carbocycles. The summed E-state index contributed by atoms with van der Waals surface area (Å²) in [7, 11) is 0. The Morgan fingerprint density at radius 2 is 2.24 bits per heavy atom. The Bertz CT molecular complexity index is 365. The number of aryl methyl sites for hydroxylation is 1. The van der Waals surface area contributed by atoms with E-state index >= 15 is 0 Å². The highest BCUT2D eigenvalue weighted by molar-refractivity contribution is 5.67. The molecule has 1 rings (SSSR count). The zero-order valence-electron chi connectivity index (χ0n) is 10.3. The fourth-order valence-electron chi connectivity index (χ4n) is 1.56. The lowest BCUT2D eigenvalue weighted by molar-refractivity contribution is 0.0836. The molecule has 4 nitrogen and oxygen atoms in total. The van der Waals surface area contributed by atoms with Crippen LogP contribution in [0, 0.1) is 6.92 Å². The summed E-state index contributed by atoms with van der Waals surface area (Å²) in [5, 5.41) is 8.60. The lowest BCUT2D eigenvalue weighted by Gasteiger charge is -2.20. The molecule has 1 aromatic rings. The summed E-state index contributed by atoms with van der Waals surface area (Å²) in [6.07, 6.45) is -0.386. The van der Waals surface area contributed by atoms with Crippen molar-refractivity contribution in [3.63, 3.8) is 0 Å². The predicted octanol–water partition coefficient (Wildman–Crippen LogP) is 1.95. The van der Waals surface area contributed by atoms with Gasteiger partial charge < -0.3 is 14.7 Å². The van der Waals surface area contributed by atoms with Crippen molar-refractivity contribution in [2.24, 2.45) is 0 Å². The highest BCUT2D eigenvalue weighted by Gasteiger charge is 2.12. The molecule has 1 amide bonds. The number of hydrogen-bond acceptors (Lipinski definition) is 3. The van der Waals surface area contributed by atoms with Crippen LogP contribution in [-0.4, -0.2) is 35.9 Å². The van der Waals surface area contributed by atoms with Crippen LogP contribution in [0.15, 0.2) is 24.3 Å². The molecule has 1 N–H and O–H groups in total. The maximum Gasteiger partial charge on any atom is 0.410 e. The van der Waals surface area contributed by atoms with Crippen molar-refractivity contribution in [1.82, 2.24) is 4.90 Å². The van der Waals surface area contributed by atoms with Crippen LogP contribution in [0.1, 0.15) is 18.1 Å². The topological polar surface area (TPSA) is 49.8 Å². The summed E-state index contributed by atoms with van der Waals surface area (Å²) in [5.74, 6) is 0. The molecular formula is C13H19NO3. The number of hydrogen-bond donors (Lipinski definition) is 1. The van der Waals surface area contributed by atoms with Crippen molar-refractivity contribution in [2.75, 3.05) is 19.8 Å². The van der Waals surface area contributed by atoms with E-state index in [9.17, 15) is 4.79 Å². The van der Waals surface area contributed by atoms with Gasteiger partial charge in [-0.2, -0.15) is 0 Å². The molecule has 4 heteroatoms. The van der Waals surface area contributed by atoms with E-state index in [4.69, 9.17) is 9.84 Å². The molecule has 0 saturated heterocycles. The van der Waals surface area contributed by atoms with Crippen molar-refractivity contribution in [1.29, 1.82) is 0 Å². The van der Waals surface area contributed by atoms with Gasteiger partial charge in [-0.3, -0.25) is 0 Å². The van der Waals surface area contributed by atoms with Crippen LogP contribution in [-0.2, 0) is 11.3 Å². The first-order chi connectivity index (χ1) is 8.17. The third-order valence-corrected chi connectivity index (χ3v) is 2.41. The number of aliphatic hydroxyl groups excluding tert-OH is 1. The average molecular weight is 237 g/mol. The molecule has 17 heavy (non-hydrogen) atoms. The highest BCUT2D eigenvalue weighted by atomic mass is 16.6. The van der Waals surface area contributed by atoms with Crippen LogP contribution in [0.25, 0.3) is 0 Å². The van der Waals surface area contributed by atoms with E-state index in [0.717, 1.165) is 5.56 Å². The molecule has 0 fully saturated rings. The molecule has 0 atom stereocenters. The van der Waals surface area contributed by atoms with Crippen molar-refractivity contribution in [2.45, 2.75) is 20.4 Å². The first kappa shape index (κ1) is 13.5. The summed E-state index contributed by atoms with van der Waals surface area (Å²) in [4.78, 5) is 13.2. The van der Waals surface area contributed by atoms with Gasteiger partial charge in [0.05, 0.1) is 6.61 Å². The van der Waals surface area contributed by atoms with E-state index in [1.807, 2.05) is 38.1 Å². The number of benzene rings is 1. The number of nitrogens with zero attached hydrogens (tertiary/aromatic N) is 1. The third-order valence-electron chi connectivity index (χ3n) is 2.41. The number of carbonyl (C=O) groups is 1. The van der Waals surface area contributed by atoms with E-state index in [0.29, 0.717) is 13.1 Å². The third kappa shape index (κ3) is 4.44. The van der Waals surface area contributed by atoms with Crippen molar-refractivity contribution < 1.29 is 14.6 Å². The number of rotatable bonds is 5. The average Bonchev–Trinajstić information content (AvgIpc) is 2.33. The van der Waals surface area contributed by atoms with Crippen LogP contribution >= 0.6 is 0 Å². The molecule has 0 aliphatic carbocycles. The first-order valence-electron chi connectivity index (χ1n) is 5.75. The molecule has 0 radical (unpaired) electrons. The van der Waals surface area contributed by atoms with Gasteiger partial charge in [-0.1, -0.05) is 29.8 Å². The zero-order chi connectivity index (χ0) is 12.7. The molecule has 0 unspecified atom stereocenters. The van der Waals surface area contributed by atoms with Gasteiger partial charge in [0.1, 0.15) is 6.61 Å². The molecule has 0 saturated carbocycles. The number of carbonyl (C=O) groups excluding carboxylic acids is 1. The summed E-state index contributed by atoms with van der Waals surface area (Å²) in [5.41, 5.74) is 2.25. The maximum atomic E-state index is 11.6. The van der Waals surface area contributed by atoms with Gasteiger partial charge in [-0.15, -0.1) is 0 Å². The Morgan fingerprint density at radius 1 is 1.47 bits per heavy atom. The smallest absolute Gasteiger partial charge is 0.410 e. The summed E-state index contributed by atoms with van der Waals surface area (Å²) < 4.78 is 4.88. The molecule has 0 bridgehead atoms. The number of aliphatic hydroxyl groups is 1. The minimum atomic E-state index is -0.386. The van der Waals surface area contributed by atoms with Crippen LogP contribution in [0.3, 0.4) is 0 Å². The molecular weight excluding hydrogens is 218 g/mol. The van der Waals surface area contributed by atoms with Crippen LogP contribution in [0.5, 0.6) is 0 Å². The van der Waals surface area contributed by atoms with Gasteiger partial charge in [-0.25, -0.2) is 4.79 Å². The molecule has 0 spiro atoms. The molecule has 0 heterocycles. The maximum absolute atomic E-state index is 11.6. The fraction of sp³-hybridized carbons (Fsp3) is 0.462. The summed E-state index contributed by atoms with van der Waals surface area (Å²) >= 11 is 0. The van der Waals surface area contributed by atoms with E-state index in [2.05, 4.69) is 0 Å². The molecule has 0 aromatic heterocycles. The Kier molecular flexibility index (Phi) is 5.49. The molecule has 0 aliphatic heterocycles. The predicted molar refractivity (Wildman–Crippen MR) is 65.7 cm³/mol. The second kappa shape index (κ2) is 6.91. The highest BCUT2D eigenvalue weighted by Crippen LogP contribution is 2.08. The van der Waals surface area contributed by atoms with Gasteiger partial charge in [0.2, 0.25) is 0 Å². The van der Waals surface area contributed by atoms with E-state index < -0.39 is 0 Å². The fourth-order valence-corrected chi connectivity index (χ4v) is 1.56. The number of ether oxygens (including phenoxy) is 1. The SMILES string of the molecule is CCN(Cc1cccc(C)c1)C(=O)OCCO. The quantitative estimate of drug-likeness (QED) is 0.851. The van der Waals surface area contributed by atoms with Crippen LogP contribution in [0.4, 0.5) is 4.79 Å². The standard InChI is InChI=1S/C13H19NO3/c1-3-14(13(16)17-8-7-15)10-12-6-4-5-11(2)9-12/h4-6,9,15H,3,7-8,10H2,1-2H3. The first-order valence-corrected chi connectivity index (χ1v) is 5.75. The monoisotopic (exact) mass is 237 g/mol. The lowest BCUT2D eigenvalue weighted by atomic mass is 10.1. The second-order valence-electron chi connectivity index (χ2n) is 3.84. The van der Waals surface area contributed by atoms with E-state index in [-0.39, 0.29) is 19.3 Å². The van der Waals surface area contributed by atoms with Gasteiger partial charge in [0.15, 0.2) is 0 Å².